The van der Waals surface area contributed by atoms with Gasteiger partial charge in [0.25, 0.3) is 5.91 Å². The van der Waals surface area contributed by atoms with Crippen LogP contribution >= 0.6 is 58.4 Å². The molecule has 0 aliphatic rings. The number of hydrogen-bond acceptors (Lipinski definition) is 5. The summed E-state index contributed by atoms with van der Waals surface area (Å²) in [5, 5.41) is 7.55. The van der Waals surface area contributed by atoms with E-state index in [1.807, 2.05) is 31.2 Å². The average molecular weight is 537 g/mol. The van der Waals surface area contributed by atoms with Crippen LogP contribution in [0.4, 0.5) is 5.69 Å². The van der Waals surface area contributed by atoms with Crippen LogP contribution in [0.1, 0.15) is 17.3 Å². The fraction of sp³-hybridized carbons (Fsp3) is 0.0870. The number of nitrogens with zero attached hydrogens (tertiary/aromatic N) is 1. The van der Waals surface area contributed by atoms with E-state index in [1.165, 1.54) is 17.4 Å². The van der Waals surface area contributed by atoms with E-state index in [2.05, 4.69) is 15.6 Å². The second kappa shape index (κ2) is 10.2. The van der Waals surface area contributed by atoms with Gasteiger partial charge in [-0.1, -0.05) is 46.9 Å². The zero-order valence-electron chi connectivity index (χ0n) is 17.1. The number of carbonyl (C=O) groups excluding carboxylic acids is 1. The van der Waals surface area contributed by atoms with Gasteiger partial charge in [0.2, 0.25) is 0 Å². The Hall–Kier alpha value is -2.42. The van der Waals surface area contributed by atoms with Crippen LogP contribution < -0.4 is 15.4 Å². The highest BCUT2D eigenvalue weighted by Crippen LogP contribution is 2.39. The molecule has 168 valence electrons. The first kappa shape index (κ1) is 23.7. The molecule has 5 nitrogen and oxygen atoms in total. The maximum Gasteiger partial charge on any atom is 0.257 e. The number of para-hydroxylation sites is 1. The Kier molecular flexibility index (Phi) is 7.36. The van der Waals surface area contributed by atoms with Gasteiger partial charge in [0, 0.05) is 11.1 Å². The Balaban J connectivity index is 1.52. The predicted molar refractivity (Wildman–Crippen MR) is 141 cm³/mol. The molecule has 0 unspecified atom stereocenters. The van der Waals surface area contributed by atoms with Crippen LogP contribution in [0.2, 0.25) is 15.1 Å². The summed E-state index contributed by atoms with van der Waals surface area (Å²) in [5.74, 6) is 0.0840. The van der Waals surface area contributed by atoms with Crippen LogP contribution in [-0.2, 0) is 0 Å². The summed E-state index contributed by atoms with van der Waals surface area (Å²) in [7, 11) is 0. The van der Waals surface area contributed by atoms with E-state index < -0.39 is 5.91 Å². The molecule has 4 aromatic rings. The lowest BCUT2D eigenvalue weighted by molar-refractivity contribution is 0.0977. The smallest absolute Gasteiger partial charge is 0.257 e. The molecule has 2 N–H and O–H groups in total. The number of hydrogen-bond donors (Lipinski definition) is 2. The third-order valence-electron chi connectivity index (χ3n) is 4.55. The van der Waals surface area contributed by atoms with E-state index in [4.69, 9.17) is 51.8 Å². The first-order chi connectivity index (χ1) is 15.9. The molecule has 3 aromatic carbocycles. The Bertz CT molecular complexity index is 1340. The number of rotatable bonds is 5. The molecule has 0 saturated heterocycles. The zero-order chi connectivity index (χ0) is 23.5. The van der Waals surface area contributed by atoms with E-state index >= 15 is 0 Å². The summed E-state index contributed by atoms with van der Waals surface area (Å²) in [5.41, 5.74) is 2.42. The van der Waals surface area contributed by atoms with Gasteiger partial charge in [0.1, 0.15) is 10.8 Å². The highest BCUT2D eigenvalue weighted by molar-refractivity contribution is 7.80. The number of benzene rings is 3. The number of fused-ring (bicyclic) bond motifs is 1. The van der Waals surface area contributed by atoms with E-state index in [0.717, 1.165) is 15.2 Å². The number of carbonyl (C=O) groups is 1. The van der Waals surface area contributed by atoms with Crippen LogP contribution in [0.5, 0.6) is 5.75 Å². The fourth-order valence-corrected chi connectivity index (χ4v) is 5.05. The summed E-state index contributed by atoms with van der Waals surface area (Å²) in [6.45, 7) is 2.32. The lowest BCUT2D eigenvalue weighted by atomic mass is 10.2. The normalized spacial score (nSPS) is 10.8. The van der Waals surface area contributed by atoms with E-state index in [1.54, 1.807) is 24.3 Å². The first-order valence-electron chi connectivity index (χ1n) is 9.75. The van der Waals surface area contributed by atoms with Crippen molar-refractivity contribution in [3.05, 3.63) is 75.2 Å². The first-order valence-corrected chi connectivity index (χ1v) is 12.1. The van der Waals surface area contributed by atoms with E-state index in [-0.39, 0.29) is 5.11 Å². The number of aromatic nitrogens is 1. The van der Waals surface area contributed by atoms with E-state index in [0.29, 0.717) is 44.2 Å². The highest BCUT2D eigenvalue weighted by Gasteiger charge is 2.16. The van der Waals surface area contributed by atoms with Gasteiger partial charge in [-0.3, -0.25) is 10.1 Å². The third kappa shape index (κ3) is 5.39. The summed E-state index contributed by atoms with van der Waals surface area (Å²) in [6.07, 6.45) is 0. The highest BCUT2D eigenvalue weighted by atomic mass is 35.5. The minimum Gasteiger partial charge on any atom is -0.492 e. The predicted octanol–water partition coefficient (Wildman–Crippen LogP) is 7.45. The topological polar surface area (TPSA) is 63.2 Å². The lowest BCUT2D eigenvalue weighted by Gasteiger charge is -2.13. The largest absolute Gasteiger partial charge is 0.492 e. The maximum atomic E-state index is 12.6. The van der Waals surface area contributed by atoms with Crippen molar-refractivity contribution in [2.45, 2.75) is 6.92 Å². The fourth-order valence-electron chi connectivity index (χ4n) is 3.04. The second-order valence-electron chi connectivity index (χ2n) is 6.79. The summed E-state index contributed by atoms with van der Waals surface area (Å²) in [4.78, 5) is 17.2. The molecule has 0 radical (unpaired) electrons. The zero-order valence-corrected chi connectivity index (χ0v) is 21.0. The molecular formula is C23H16Cl3N3O2S2. The average Bonchev–Trinajstić information content (AvgIpc) is 3.21. The molecule has 1 aromatic heterocycles. The van der Waals surface area contributed by atoms with Crippen LogP contribution in [0.25, 0.3) is 20.8 Å². The molecule has 1 amide bonds. The maximum absolute atomic E-state index is 12.6. The van der Waals surface area contributed by atoms with Crippen molar-refractivity contribution in [2.24, 2.45) is 0 Å². The monoisotopic (exact) mass is 535 g/mol. The molecule has 0 bridgehead atoms. The Morgan fingerprint density at radius 2 is 1.85 bits per heavy atom. The van der Waals surface area contributed by atoms with Gasteiger partial charge >= 0.3 is 0 Å². The van der Waals surface area contributed by atoms with Gasteiger partial charge in [-0.15, -0.1) is 11.3 Å². The standard InChI is InChI=1S/C23H16Cl3N3O2S2/c1-2-31-19-8-7-12(9-16(19)26)21(30)29-23(32)28-18-10-13(14(24)11-15(18)25)22-27-17-5-3-4-6-20(17)33-22/h3-11H,2H2,1H3,(H2,28,29,30,32). The van der Waals surface area contributed by atoms with Crippen LogP contribution in [-0.4, -0.2) is 22.6 Å². The quantitative estimate of drug-likeness (QED) is 0.259. The Labute approximate surface area is 214 Å². The molecule has 10 heteroatoms. The molecule has 0 spiro atoms. The SMILES string of the molecule is CCOc1ccc(C(=O)NC(=S)Nc2cc(-c3nc4ccccc4s3)c(Cl)cc2Cl)cc1Cl. The van der Waals surface area contributed by atoms with E-state index in [9.17, 15) is 4.79 Å². The molecule has 33 heavy (non-hydrogen) atoms. The number of nitrogens with one attached hydrogen (secondary N) is 2. The van der Waals surface area contributed by atoms with Crippen molar-refractivity contribution in [3.8, 4) is 16.3 Å². The number of thiocarbonyl (C=S) groups is 1. The number of ether oxygens (including phenoxy) is 1. The van der Waals surface area contributed by atoms with Gasteiger partial charge in [-0.25, -0.2) is 4.98 Å². The summed E-state index contributed by atoms with van der Waals surface area (Å²) < 4.78 is 6.44. The van der Waals surface area contributed by atoms with Crippen molar-refractivity contribution >= 4 is 85.3 Å². The molecule has 0 saturated carbocycles. The molecule has 0 aliphatic carbocycles. The summed E-state index contributed by atoms with van der Waals surface area (Å²) >= 11 is 25.8. The van der Waals surface area contributed by atoms with Crippen molar-refractivity contribution in [1.29, 1.82) is 0 Å². The molecule has 0 aliphatic heterocycles. The van der Waals surface area contributed by atoms with Gasteiger partial charge < -0.3 is 10.1 Å². The van der Waals surface area contributed by atoms with Crippen LogP contribution in [0, 0.1) is 0 Å². The second-order valence-corrected chi connectivity index (χ2v) is 9.45. The van der Waals surface area contributed by atoms with Gasteiger partial charge in [-0.2, -0.15) is 0 Å². The minimum atomic E-state index is -0.422. The summed E-state index contributed by atoms with van der Waals surface area (Å²) in [6, 6.07) is 16.0. The number of thiazole rings is 1. The molecule has 1 heterocycles. The number of anilines is 1. The van der Waals surface area contributed by atoms with Gasteiger partial charge in [-0.05, 0) is 61.6 Å². The molecular weight excluding hydrogens is 521 g/mol. The van der Waals surface area contributed by atoms with Crippen molar-refractivity contribution < 1.29 is 9.53 Å². The van der Waals surface area contributed by atoms with Gasteiger partial charge in [0.05, 0.1) is 37.6 Å². The minimum absolute atomic E-state index is 0.0736. The van der Waals surface area contributed by atoms with Gasteiger partial charge in [0.15, 0.2) is 5.11 Å². The van der Waals surface area contributed by atoms with Crippen molar-refractivity contribution in [2.75, 3.05) is 11.9 Å². The van der Waals surface area contributed by atoms with Crippen molar-refractivity contribution in [3.63, 3.8) is 0 Å². The number of amides is 1. The molecule has 4 rings (SSSR count). The Morgan fingerprint density at radius 1 is 1.06 bits per heavy atom. The van der Waals surface area contributed by atoms with Crippen molar-refractivity contribution in [1.82, 2.24) is 10.3 Å². The molecule has 0 fully saturated rings. The number of halogens is 3. The van der Waals surface area contributed by atoms with Crippen LogP contribution in [0.3, 0.4) is 0 Å². The molecule has 0 atom stereocenters. The Morgan fingerprint density at radius 3 is 2.58 bits per heavy atom. The third-order valence-corrected chi connectivity index (χ3v) is 6.74. The lowest BCUT2D eigenvalue weighted by Crippen LogP contribution is -2.34. The van der Waals surface area contributed by atoms with Crippen LogP contribution in [0.15, 0.2) is 54.6 Å².